The van der Waals surface area contributed by atoms with E-state index in [1.165, 1.54) is 0 Å². The molecule has 2 aromatic rings. The molecule has 7 heteroatoms. The third-order valence-corrected chi connectivity index (χ3v) is 6.03. The molecular weight excluding hydrogens is 390 g/mol. The molecule has 0 N–H and O–H groups in total. The van der Waals surface area contributed by atoms with E-state index in [0.717, 1.165) is 37.3 Å². The van der Waals surface area contributed by atoms with Crippen LogP contribution in [0.1, 0.15) is 51.3 Å². The van der Waals surface area contributed by atoms with Gasteiger partial charge in [-0.1, -0.05) is 6.07 Å². The summed E-state index contributed by atoms with van der Waals surface area (Å²) in [7, 11) is 0. The number of anilines is 1. The Labute approximate surface area is 184 Å². The summed E-state index contributed by atoms with van der Waals surface area (Å²) in [5.41, 5.74) is 1.02. The summed E-state index contributed by atoms with van der Waals surface area (Å²) < 4.78 is 6.16. The minimum Gasteiger partial charge on any atom is -0.359 e. The quantitative estimate of drug-likeness (QED) is 0.584. The molecule has 1 aliphatic rings. The van der Waals surface area contributed by atoms with E-state index in [-0.39, 0.29) is 18.6 Å². The van der Waals surface area contributed by atoms with Crippen LogP contribution in [0.4, 0.5) is 5.82 Å². The highest BCUT2D eigenvalue weighted by Crippen LogP contribution is 2.43. The van der Waals surface area contributed by atoms with Crippen molar-refractivity contribution in [1.29, 1.82) is 5.26 Å². The van der Waals surface area contributed by atoms with Crippen molar-refractivity contribution in [3.63, 3.8) is 0 Å². The fraction of sp³-hybridized carbons (Fsp3) is 0.500. The Morgan fingerprint density at radius 3 is 2.55 bits per heavy atom. The summed E-state index contributed by atoms with van der Waals surface area (Å²) >= 11 is 0. The number of hydrogen-bond acceptors (Lipinski definition) is 6. The van der Waals surface area contributed by atoms with Crippen molar-refractivity contribution in [1.82, 2.24) is 14.9 Å². The predicted molar refractivity (Wildman–Crippen MR) is 119 cm³/mol. The molecule has 0 saturated heterocycles. The molecule has 2 aromatic heterocycles. The number of aromatic nitrogens is 2. The normalized spacial score (nSPS) is 15.4. The zero-order chi connectivity index (χ0) is 22.3. The van der Waals surface area contributed by atoms with Gasteiger partial charge < -0.3 is 14.5 Å². The molecule has 164 valence electrons. The molecule has 0 radical (unpaired) electrons. The van der Waals surface area contributed by atoms with Crippen molar-refractivity contribution in [3.8, 4) is 6.07 Å². The highest BCUT2D eigenvalue weighted by atomic mass is 16.5. The van der Waals surface area contributed by atoms with Gasteiger partial charge in [0.25, 0.3) is 0 Å². The number of hydrogen-bond donors (Lipinski definition) is 0. The van der Waals surface area contributed by atoms with Gasteiger partial charge in [-0.25, -0.2) is 4.98 Å². The van der Waals surface area contributed by atoms with Crippen molar-refractivity contribution >= 4 is 11.7 Å². The van der Waals surface area contributed by atoms with Gasteiger partial charge in [-0.3, -0.25) is 9.78 Å². The summed E-state index contributed by atoms with van der Waals surface area (Å²) in [6, 6.07) is 11.6. The second-order valence-electron chi connectivity index (χ2n) is 7.94. The van der Waals surface area contributed by atoms with Crippen molar-refractivity contribution < 1.29 is 9.53 Å². The molecule has 0 bridgehead atoms. The van der Waals surface area contributed by atoms with E-state index in [1.54, 1.807) is 18.5 Å². The molecule has 31 heavy (non-hydrogen) atoms. The van der Waals surface area contributed by atoms with Gasteiger partial charge in [-0.2, -0.15) is 5.26 Å². The average molecular weight is 422 g/mol. The highest BCUT2D eigenvalue weighted by Gasteiger charge is 2.41. The molecule has 1 saturated carbocycles. The van der Waals surface area contributed by atoms with Gasteiger partial charge in [0, 0.05) is 38.1 Å². The van der Waals surface area contributed by atoms with Crippen LogP contribution in [-0.2, 0) is 15.1 Å². The summed E-state index contributed by atoms with van der Waals surface area (Å²) in [4.78, 5) is 25.8. The SMILES string of the molecule is CCN(CC(C)N(CC)c1ccc(C#N)cn1)C(=O)COC1(c2ccccn2)CCC1. The molecule has 0 aromatic carbocycles. The molecule has 1 aliphatic carbocycles. The van der Waals surface area contributed by atoms with Crippen LogP contribution in [-0.4, -0.2) is 53.1 Å². The molecule has 0 spiro atoms. The standard InChI is InChI=1S/C24H31N5O2/c1-4-28(17-19(3)29(5-2)22-11-10-20(15-25)16-27-22)23(30)18-31-24(12-8-13-24)21-9-6-7-14-26-21/h6-7,9-11,14,16,19H,4-5,8,12-13,17-18H2,1-3H3. The zero-order valence-electron chi connectivity index (χ0n) is 18.6. The molecule has 1 amide bonds. The first kappa shape index (κ1) is 22.7. The molecule has 7 nitrogen and oxygen atoms in total. The maximum Gasteiger partial charge on any atom is 0.248 e. The van der Waals surface area contributed by atoms with Crippen molar-refractivity contribution in [2.24, 2.45) is 0 Å². The molecule has 0 aliphatic heterocycles. The second-order valence-corrected chi connectivity index (χ2v) is 7.94. The minimum absolute atomic E-state index is 0.0135. The Morgan fingerprint density at radius 2 is 2.03 bits per heavy atom. The van der Waals surface area contributed by atoms with Gasteiger partial charge in [0.05, 0.1) is 11.3 Å². The number of ether oxygens (including phenoxy) is 1. The number of carbonyl (C=O) groups is 1. The monoisotopic (exact) mass is 421 g/mol. The number of rotatable bonds is 10. The van der Waals surface area contributed by atoms with Crippen LogP contribution in [0.5, 0.6) is 0 Å². The Hall–Kier alpha value is -2.98. The number of carbonyl (C=O) groups excluding carboxylic acids is 1. The maximum atomic E-state index is 13.0. The van der Waals surface area contributed by atoms with Gasteiger partial charge in [-0.05, 0) is 64.3 Å². The Balaban J connectivity index is 1.61. The fourth-order valence-electron chi connectivity index (χ4n) is 4.04. The predicted octanol–water partition coefficient (Wildman–Crippen LogP) is 3.51. The van der Waals surface area contributed by atoms with E-state index in [9.17, 15) is 4.79 Å². The van der Waals surface area contributed by atoms with E-state index in [0.29, 0.717) is 18.7 Å². The zero-order valence-corrected chi connectivity index (χ0v) is 18.6. The lowest BCUT2D eigenvalue weighted by Crippen LogP contribution is -2.47. The number of pyridine rings is 2. The second kappa shape index (κ2) is 10.4. The first-order chi connectivity index (χ1) is 15.0. The van der Waals surface area contributed by atoms with Crippen LogP contribution in [0, 0.1) is 11.3 Å². The summed E-state index contributed by atoms with van der Waals surface area (Å²) in [5.74, 6) is 0.790. The number of nitrogens with zero attached hydrogens (tertiary/aromatic N) is 5. The Kier molecular flexibility index (Phi) is 7.59. The van der Waals surface area contributed by atoms with Crippen LogP contribution < -0.4 is 4.90 Å². The lowest BCUT2D eigenvalue weighted by atomic mass is 9.77. The third kappa shape index (κ3) is 5.20. The largest absolute Gasteiger partial charge is 0.359 e. The van der Waals surface area contributed by atoms with Gasteiger partial charge in [0.1, 0.15) is 24.1 Å². The van der Waals surface area contributed by atoms with Crippen molar-refractivity contribution in [3.05, 3.63) is 54.0 Å². The molecule has 1 unspecified atom stereocenters. The first-order valence-corrected chi connectivity index (χ1v) is 11.0. The first-order valence-electron chi connectivity index (χ1n) is 11.0. The number of likely N-dealkylation sites (N-methyl/N-ethyl adjacent to an activating group) is 2. The lowest BCUT2D eigenvalue weighted by Gasteiger charge is -2.41. The van der Waals surface area contributed by atoms with E-state index in [1.807, 2.05) is 36.1 Å². The van der Waals surface area contributed by atoms with E-state index >= 15 is 0 Å². The van der Waals surface area contributed by atoms with Crippen LogP contribution >= 0.6 is 0 Å². The van der Waals surface area contributed by atoms with Gasteiger partial charge in [-0.15, -0.1) is 0 Å². The summed E-state index contributed by atoms with van der Waals surface area (Å²) in [5, 5.41) is 8.98. The average Bonchev–Trinajstić information content (AvgIpc) is 2.78. The third-order valence-electron chi connectivity index (χ3n) is 6.03. The smallest absolute Gasteiger partial charge is 0.248 e. The van der Waals surface area contributed by atoms with E-state index in [2.05, 4.69) is 34.8 Å². The van der Waals surface area contributed by atoms with Gasteiger partial charge in [0.15, 0.2) is 0 Å². The molecule has 1 atom stereocenters. The summed E-state index contributed by atoms with van der Waals surface area (Å²) in [6.07, 6.45) is 6.23. The fourth-order valence-corrected chi connectivity index (χ4v) is 4.04. The van der Waals surface area contributed by atoms with Crippen molar-refractivity contribution in [2.75, 3.05) is 31.1 Å². The van der Waals surface area contributed by atoms with E-state index in [4.69, 9.17) is 10.00 Å². The van der Waals surface area contributed by atoms with Crippen LogP contribution in [0.2, 0.25) is 0 Å². The number of amides is 1. The topological polar surface area (TPSA) is 82.3 Å². The highest BCUT2D eigenvalue weighted by molar-refractivity contribution is 5.77. The molecule has 3 rings (SSSR count). The van der Waals surface area contributed by atoms with Gasteiger partial charge >= 0.3 is 0 Å². The van der Waals surface area contributed by atoms with Crippen LogP contribution in [0.25, 0.3) is 0 Å². The summed E-state index contributed by atoms with van der Waals surface area (Å²) in [6.45, 7) is 8.13. The Bertz CT molecular complexity index is 890. The van der Waals surface area contributed by atoms with Crippen LogP contribution in [0.3, 0.4) is 0 Å². The molecular formula is C24H31N5O2. The number of nitriles is 1. The van der Waals surface area contributed by atoms with Crippen LogP contribution in [0.15, 0.2) is 42.7 Å². The minimum atomic E-state index is -0.427. The van der Waals surface area contributed by atoms with E-state index < -0.39 is 5.60 Å². The van der Waals surface area contributed by atoms with Crippen molar-refractivity contribution in [2.45, 2.75) is 51.7 Å². The Morgan fingerprint density at radius 1 is 1.23 bits per heavy atom. The molecule has 1 fully saturated rings. The van der Waals surface area contributed by atoms with Gasteiger partial charge in [0.2, 0.25) is 5.91 Å². The lowest BCUT2D eigenvalue weighted by molar-refractivity contribution is -0.154. The maximum absolute atomic E-state index is 13.0. The molecule has 2 heterocycles.